The van der Waals surface area contributed by atoms with Crippen molar-refractivity contribution in [2.45, 2.75) is 39.7 Å². The Morgan fingerprint density at radius 2 is 1.89 bits per heavy atom. The van der Waals surface area contributed by atoms with Crippen LogP contribution in [-0.2, 0) is 0 Å². The van der Waals surface area contributed by atoms with Crippen molar-refractivity contribution in [2.24, 2.45) is 0 Å². The number of hydrogen-bond donors (Lipinski definition) is 0. The first-order chi connectivity index (χ1) is 8.74. The maximum absolute atomic E-state index is 4.72. The molecule has 0 aliphatic carbocycles. The second-order valence-electron chi connectivity index (χ2n) is 4.76. The van der Waals surface area contributed by atoms with Crippen LogP contribution in [0.15, 0.2) is 24.3 Å². The molecule has 98 valence electrons. The van der Waals surface area contributed by atoms with E-state index in [0.29, 0.717) is 12.0 Å². The molecule has 0 radical (unpaired) electrons. The van der Waals surface area contributed by atoms with E-state index in [1.807, 2.05) is 25.2 Å². The summed E-state index contributed by atoms with van der Waals surface area (Å²) in [4.78, 5) is 7.22. The lowest BCUT2D eigenvalue weighted by Gasteiger charge is -2.41. The van der Waals surface area contributed by atoms with Gasteiger partial charge in [0.05, 0.1) is 15.2 Å². The minimum atomic E-state index is 0.666. The summed E-state index contributed by atoms with van der Waals surface area (Å²) in [5.41, 5.74) is 1.16. The molecule has 1 fully saturated rings. The molecule has 1 aliphatic heterocycles. The molecule has 0 unspecified atom stereocenters. The number of nitrogens with zero attached hydrogens (tertiary/aromatic N) is 2. The van der Waals surface area contributed by atoms with E-state index in [-0.39, 0.29) is 0 Å². The number of benzene rings is 1. The third-order valence-electron chi connectivity index (χ3n) is 3.30. The van der Waals surface area contributed by atoms with Crippen molar-refractivity contribution in [3.63, 3.8) is 0 Å². The van der Waals surface area contributed by atoms with Gasteiger partial charge in [0, 0.05) is 25.0 Å². The van der Waals surface area contributed by atoms with Gasteiger partial charge in [0.15, 0.2) is 0 Å². The zero-order valence-electron chi connectivity index (χ0n) is 11.7. The maximum atomic E-state index is 4.72. The summed E-state index contributed by atoms with van der Waals surface area (Å²) in [6.07, 6.45) is 0. The van der Waals surface area contributed by atoms with E-state index in [1.165, 1.54) is 22.8 Å². The Hall–Kier alpha value is -0.930. The molecule has 2 nitrogen and oxygen atoms in total. The first kappa shape index (κ1) is 13.5. The first-order valence-corrected chi connectivity index (χ1v) is 7.65. The Morgan fingerprint density at radius 1 is 1.22 bits per heavy atom. The Kier molecular flexibility index (Phi) is 4.36. The molecule has 0 bridgehead atoms. The molecule has 0 atom stereocenters. The summed E-state index contributed by atoms with van der Waals surface area (Å²) < 4.78 is 1.32. The first-order valence-electron chi connectivity index (χ1n) is 6.83. The molecular weight excluding hydrogens is 240 g/mol. The van der Waals surface area contributed by atoms with Crippen LogP contribution in [0, 0.1) is 0 Å². The fraction of sp³-hybridized carbons (Fsp3) is 0.533. The number of para-hydroxylation sites is 1. The highest BCUT2D eigenvalue weighted by Crippen LogP contribution is 2.33. The van der Waals surface area contributed by atoms with Gasteiger partial charge in [-0.15, -0.1) is 11.3 Å². The summed E-state index contributed by atoms with van der Waals surface area (Å²) in [5, 5.41) is 1.32. The van der Waals surface area contributed by atoms with Crippen LogP contribution in [0.2, 0.25) is 0 Å². The minimum absolute atomic E-state index is 0.666. The van der Waals surface area contributed by atoms with E-state index in [2.05, 4.69) is 43.0 Å². The van der Waals surface area contributed by atoms with Crippen molar-refractivity contribution in [3.05, 3.63) is 29.3 Å². The molecule has 2 aromatic rings. The maximum Gasteiger partial charge on any atom is 0.0995 e. The summed E-state index contributed by atoms with van der Waals surface area (Å²) in [6, 6.07) is 9.09. The molecule has 18 heavy (non-hydrogen) atoms. The molecule has 2 heterocycles. The molecule has 1 aromatic carbocycles. The monoisotopic (exact) mass is 262 g/mol. The molecule has 1 aliphatic rings. The molecule has 3 rings (SSSR count). The zero-order valence-corrected chi connectivity index (χ0v) is 12.5. The van der Waals surface area contributed by atoms with Crippen molar-refractivity contribution >= 4 is 21.6 Å². The minimum Gasteiger partial charge on any atom is -0.299 e. The van der Waals surface area contributed by atoms with Crippen LogP contribution in [0.1, 0.15) is 38.6 Å². The average molecular weight is 262 g/mol. The van der Waals surface area contributed by atoms with Crippen LogP contribution in [0.5, 0.6) is 0 Å². The van der Waals surface area contributed by atoms with E-state index < -0.39 is 0 Å². The van der Waals surface area contributed by atoms with Crippen LogP contribution in [-0.4, -0.2) is 29.0 Å². The Morgan fingerprint density at radius 3 is 2.50 bits per heavy atom. The van der Waals surface area contributed by atoms with Gasteiger partial charge in [0.1, 0.15) is 0 Å². The highest BCUT2D eigenvalue weighted by atomic mass is 32.1. The van der Waals surface area contributed by atoms with Crippen molar-refractivity contribution < 1.29 is 0 Å². The van der Waals surface area contributed by atoms with Crippen molar-refractivity contribution in [1.82, 2.24) is 9.88 Å². The molecule has 3 heteroatoms. The predicted octanol–water partition coefficient (Wildman–Crippen LogP) is 4.13. The van der Waals surface area contributed by atoms with Gasteiger partial charge in [-0.05, 0) is 26.0 Å². The van der Waals surface area contributed by atoms with Gasteiger partial charge < -0.3 is 0 Å². The summed E-state index contributed by atoms with van der Waals surface area (Å²) in [6.45, 7) is 10.9. The standard InChI is InChI=1S/C13H16N2S.C2H6/c1-9(2)15-7-10(8-15)13-14-11-5-3-4-6-12(11)16-13;1-2/h3-6,9-10H,7-8H2,1-2H3;1-2H3. The molecule has 0 amide bonds. The van der Waals surface area contributed by atoms with Crippen molar-refractivity contribution in [3.8, 4) is 0 Å². The molecule has 1 saturated heterocycles. The second kappa shape index (κ2) is 5.81. The van der Waals surface area contributed by atoms with Gasteiger partial charge in [0.25, 0.3) is 0 Å². The Bertz CT molecular complexity index is 465. The normalized spacial score (nSPS) is 16.5. The number of hydrogen-bond acceptors (Lipinski definition) is 3. The van der Waals surface area contributed by atoms with E-state index in [4.69, 9.17) is 4.98 Å². The Labute approximate surface area is 114 Å². The molecule has 0 N–H and O–H groups in total. The number of thiazole rings is 1. The van der Waals surface area contributed by atoms with Crippen LogP contribution in [0.3, 0.4) is 0 Å². The van der Waals surface area contributed by atoms with Crippen molar-refractivity contribution in [2.75, 3.05) is 13.1 Å². The van der Waals surface area contributed by atoms with Gasteiger partial charge in [-0.25, -0.2) is 4.98 Å². The summed E-state index contributed by atoms with van der Waals surface area (Å²) in [7, 11) is 0. The van der Waals surface area contributed by atoms with Gasteiger partial charge in [-0.1, -0.05) is 26.0 Å². The number of aromatic nitrogens is 1. The summed E-state index contributed by atoms with van der Waals surface area (Å²) >= 11 is 1.86. The van der Waals surface area contributed by atoms with Crippen LogP contribution >= 0.6 is 11.3 Å². The van der Waals surface area contributed by atoms with Crippen LogP contribution < -0.4 is 0 Å². The lowest BCUT2D eigenvalue weighted by molar-refractivity contribution is 0.110. The van der Waals surface area contributed by atoms with Crippen molar-refractivity contribution in [1.29, 1.82) is 0 Å². The fourth-order valence-electron chi connectivity index (χ4n) is 2.16. The van der Waals surface area contributed by atoms with E-state index >= 15 is 0 Å². The largest absolute Gasteiger partial charge is 0.299 e. The Balaban J connectivity index is 0.000000574. The summed E-state index contributed by atoms with van der Waals surface area (Å²) in [5.74, 6) is 0.666. The lowest BCUT2D eigenvalue weighted by atomic mass is 9.99. The van der Waals surface area contributed by atoms with E-state index in [0.717, 1.165) is 5.52 Å². The molecule has 0 spiro atoms. The quantitative estimate of drug-likeness (QED) is 0.809. The topological polar surface area (TPSA) is 16.1 Å². The van der Waals surface area contributed by atoms with Gasteiger partial charge >= 0.3 is 0 Å². The average Bonchev–Trinajstić information content (AvgIpc) is 2.72. The van der Waals surface area contributed by atoms with Gasteiger partial charge in [0.2, 0.25) is 0 Å². The van der Waals surface area contributed by atoms with Gasteiger partial charge in [-0.3, -0.25) is 4.90 Å². The van der Waals surface area contributed by atoms with Crippen LogP contribution in [0.25, 0.3) is 10.2 Å². The number of rotatable bonds is 2. The van der Waals surface area contributed by atoms with Gasteiger partial charge in [-0.2, -0.15) is 0 Å². The van der Waals surface area contributed by atoms with E-state index in [1.54, 1.807) is 0 Å². The highest BCUT2D eigenvalue weighted by molar-refractivity contribution is 7.18. The third-order valence-corrected chi connectivity index (χ3v) is 4.50. The smallest absolute Gasteiger partial charge is 0.0995 e. The second-order valence-corrected chi connectivity index (χ2v) is 5.83. The van der Waals surface area contributed by atoms with Crippen LogP contribution in [0.4, 0.5) is 0 Å². The molecule has 1 aromatic heterocycles. The number of fused-ring (bicyclic) bond motifs is 1. The lowest BCUT2D eigenvalue weighted by Crippen LogP contribution is -2.48. The number of likely N-dealkylation sites (tertiary alicyclic amines) is 1. The highest BCUT2D eigenvalue weighted by Gasteiger charge is 2.31. The molecule has 0 saturated carbocycles. The molecular formula is C15H22N2S. The fourth-order valence-corrected chi connectivity index (χ4v) is 3.21. The predicted molar refractivity (Wildman–Crippen MR) is 80.4 cm³/mol. The van der Waals surface area contributed by atoms with E-state index in [9.17, 15) is 0 Å². The zero-order chi connectivity index (χ0) is 13.1. The SMILES string of the molecule is CC.CC(C)N1CC(c2nc3ccccc3s2)C1. The third kappa shape index (κ3) is 2.57.